The summed E-state index contributed by atoms with van der Waals surface area (Å²) in [5.74, 6) is -0.726. The van der Waals surface area contributed by atoms with E-state index in [1.807, 2.05) is 38.1 Å². The third-order valence-electron chi connectivity index (χ3n) is 6.65. The standard InChI is InChI=1S/C27H35Cl2N3O4S/c1-4-23(27(34)30-21-12-6-5-7-13-21)31(17-20-11-8-10-19(2)16-20)25(33)18-32(37(3,35)36)24-15-9-14-22(28)26(24)29/h8-11,14-16,21,23H,4-7,12-13,17-18H2,1-3H3,(H,30,34)/t23-/m1/s1. The SMILES string of the molecule is CC[C@H](C(=O)NC1CCCCC1)N(Cc1cccc(C)c1)C(=O)CN(c1cccc(Cl)c1Cl)S(C)(=O)=O. The predicted molar refractivity (Wildman–Crippen MR) is 149 cm³/mol. The van der Waals surface area contributed by atoms with Crippen LogP contribution in [0.5, 0.6) is 0 Å². The van der Waals surface area contributed by atoms with Gasteiger partial charge < -0.3 is 10.2 Å². The number of carbonyl (C=O) groups is 2. The topological polar surface area (TPSA) is 86.8 Å². The van der Waals surface area contributed by atoms with Crippen LogP contribution in [-0.4, -0.2) is 50.0 Å². The Morgan fingerprint density at radius 2 is 1.76 bits per heavy atom. The summed E-state index contributed by atoms with van der Waals surface area (Å²) < 4.78 is 26.5. The van der Waals surface area contributed by atoms with Crippen LogP contribution < -0.4 is 9.62 Å². The lowest BCUT2D eigenvalue weighted by Gasteiger charge is -2.34. The van der Waals surface area contributed by atoms with Gasteiger partial charge in [0.1, 0.15) is 12.6 Å². The van der Waals surface area contributed by atoms with Crippen LogP contribution in [0.1, 0.15) is 56.6 Å². The number of hydrogen-bond donors (Lipinski definition) is 1. The van der Waals surface area contributed by atoms with E-state index in [-0.39, 0.29) is 34.2 Å². The fourth-order valence-corrected chi connectivity index (χ4v) is 6.05. The van der Waals surface area contributed by atoms with Gasteiger partial charge >= 0.3 is 0 Å². The summed E-state index contributed by atoms with van der Waals surface area (Å²) in [6.07, 6.45) is 6.53. The summed E-state index contributed by atoms with van der Waals surface area (Å²) >= 11 is 12.5. The van der Waals surface area contributed by atoms with Crippen molar-refractivity contribution in [2.24, 2.45) is 0 Å². The van der Waals surface area contributed by atoms with Gasteiger partial charge in [-0.15, -0.1) is 0 Å². The molecule has 1 fully saturated rings. The highest BCUT2D eigenvalue weighted by Crippen LogP contribution is 2.34. The Kier molecular flexibility index (Phi) is 10.3. The van der Waals surface area contributed by atoms with Crippen molar-refractivity contribution >= 4 is 50.7 Å². The minimum absolute atomic E-state index is 0.0368. The van der Waals surface area contributed by atoms with Crippen LogP contribution in [0, 0.1) is 6.92 Å². The molecule has 1 aliphatic carbocycles. The second-order valence-electron chi connectivity index (χ2n) is 9.62. The van der Waals surface area contributed by atoms with Gasteiger partial charge in [-0.2, -0.15) is 0 Å². The zero-order chi connectivity index (χ0) is 27.2. The zero-order valence-electron chi connectivity index (χ0n) is 21.5. The molecule has 0 aliphatic heterocycles. The van der Waals surface area contributed by atoms with Crippen molar-refractivity contribution in [1.82, 2.24) is 10.2 Å². The van der Waals surface area contributed by atoms with Gasteiger partial charge in [0, 0.05) is 12.6 Å². The van der Waals surface area contributed by atoms with Gasteiger partial charge in [0.15, 0.2) is 0 Å². The summed E-state index contributed by atoms with van der Waals surface area (Å²) in [5, 5.41) is 3.34. The number of carbonyl (C=O) groups excluding carboxylic acids is 2. The van der Waals surface area contributed by atoms with Gasteiger partial charge in [-0.1, -0.05) is 85.3 Å². The molecule has 2 aromatic carbocycles. The molecule has 0 aromatic heterocycles. The summed E-state index contributed by atoms with van der Waals surface area (Å²) in [6.45, 7) is 3.45. The van der Waals surface area contributed by atoms with Crippen LogP contribution in [0.25, 0.3) is 0 Å². The summed E-state index contributed by atoms with van der Waals surface area (Å²) in [6, 6.07) is 11.6. The summed E-state index contributed by atoms with van der Waals surface area (Å²) in [5.41, 5.74) is 1.98. The van der Waals surface area contributed by atoms with Crippen LogP contribution in [0.15, 0.2) is 42.5 Å². The van der Waals surface area contributed by atoms with E-state index in [4.69, 9.17) is 23.2 Å². The highest BCUT2D eigenvalue weighted by molar-refractivity contribution is 7.92. The van der Waals surface area contributed by atoms with Crippen LogP contribution >= 0.6 is 23.2 Å². The third-order valence-corrected chi connectivity index (χ3v) is 8.59. The average Bonchev–Trinajstić information content (AvgIpc) is 2.84. The quantitative estimate of drug-likeness (QED) is 0.420. The minimum atomic E-state index is -3.90. The Morgan fingerprint density at radius 1 is 1.08 bits per heavy atom. The first kappa shape index (κ1) is 29.3. The fourth-order valence-electron chi connectivity index (χ4n) is 4.75. The second kappa shape index (κ2) is 13.0. The Labute approximate surface area is 230 Å². The first-order chi connectivity index (χ1) is 17.5. The maximum Gasteiger partial charge on any atom is 0.244 e. The summed E-state index contributed by atoms with van der Waals surface area (Å²) in [7, 11) is -3.90. The van der Waals surface area contributed by atoms with Crippen molar-refractivity contribution in [1.29, 1.82) is 0 Å². The molecular weight excluding hydrogens is 533 g/mol. The average molecular weight is 569 g/mol. The number of sulfonamides is 1. The first-order valence-corrected chi connectivity index (χ1v) is 15.2. The van der Waals surface area contributed by atoms with Crippen molar-refractivity contribution in [2.45, 2.75) is 71.0 Å². The molecule has 0 spiro atoms. The van der Waals surface area contributed by atoms with Crippen molar-refractivity contribution in [3.63, 3.8) is 0 Å². The lowest BCUT2D eigenvalue weighted by molar-refractivity contribution is -0.140. The van der Waals surface area contributed by atoms with Crippen LogP contribution in [0.3, 0.4) is 0 Å². The lowest BCUT2D eigenvalue weighted by atomic mass is 9.95. The largest absolute Gasteiger partial charge is 0.352 e. The molecule has 1 atom stereocenters. The molecule has 0 unspecified atom stereocenters. The van der Waals surface area contributed by atoms with E-state index >= 15 is 0 Å². The highest BCUT2D eigenvalue weighted by Gasteiger charge is 2.33. The molecule has 1 aliphatic rings. The molecule has 0 radical (unpaired) electrons. The normalized spacial score (nSPS) is 15.2. The number of aryl methyl sites for hydroxylation is 1. The van der Waals surface area contributed by atoms with Crippen LogP contribution in [0.4, 0.5) is 5.69 Å². The highest BCUT2D eigenvalue weighted by atomic mass is 35.5. The Bertz CT molecular complexity index is 1220. The molecule has 1 N–H and O–H groups in total. The van der Waals surface area contributed by atoms with Gasteiger partial charge in [-0.3, -0.25) is 13.9 Å². The smallest absolute Gasteiger partial charge is 0.244 e. The maximum absolute atomic E-state index is 13.8. The molecule has 202 valence electrons. The van der Waals surface area contributed by atoms with E-state index in [0.29, 0.717) is 6.42 Å². The molecule has 7 nitrogen and oxygen atoms in total. The molecule has 3 rings (SSSR count). The second-order valence-corrected chi connectivity index (χ2v) is 12.3. The zero-order valence-corrected chi connectivity index (χ0v) is 23.9. The number of nitrogens with zero attached hydrogens (tertiary/aromatic N) is 2. The predicted octanol–water partition coefficient (Wildman–Crippen LogP) is 5.32. The van der Waals surface area contributed by atoms with E-state index in [9.17, 15) is 18.0 Å². The fraction of sp³-hybridized carbons (Fsp3) is 0.481. The number of hydrogen-bond acceptors (Lipinski definition) is 4. The Morgan fingerprint density at radius 3 is 2.38 bits per heavy atom. The van der Waals surface area contributed by atoms with E-state index < -0.39 is 28.5 Å². The maximum atomic E-state index is 13.8. The Hall–Kier alpha value is -2.29. The van der Waals surface area contributed by atoms with Gasteiger partial charge in [0.25, 0.3) is 0 Å². The van der Waals surface area contributed by atoms with E-state index in [2.05, 4.69) is 5.32 Å². The molecule has 0 heterocycles. The molecule has 37 heavy (non-hydrogen) atoms. The Balaban J connectivity index is 1.94. The number of rotatable bonds is 10. The van der Waals surface area contributed by atoms with Gasteiger partial charge in [0.2, 0.25) is 21.8 Å². The number of anilines is 1. The number of nitrogens with one attached hydrogen (secondary N) is 1. The van der Waals surface area contributed by atoms with Gasteiger partial charge in [0.05, 0.1) is 22.0 Å². The van der Waals surface area contributed by atoms with Crippen molar-refractivity contribution in [2.75, 3.05) is 17.1 Å². The minimum Gasteiger partial charge on any atom is -0.352 e. The lowest BCUT2D eigenvalue weighted by Crippen LogP contribution is -2.54. The monoisotopic (exact) mass is 567 g/mol. The van der Waals surface area contributed by atoms with Gasteiger partial charge in [-0.05, 0) is 43.9 Å². The van der Waals surface area contributed by atoms with Crippen molar-refractivity contribution in [3.8, 4) is 0 Å². The third kappa shape index (κ3) is 7.85. The van der Waals surface area contributed by atoms with Crippen LogP contribution in [-0.2, 0) is 26.2 Å². The van der Waals surface area contributed by atoms with E-state index in [1.54, 1.807) is 12.1 Å². The molecule has 10 heteroatoms. The van der Waals surface area contributed by atoms with Crippen molar-refractivity contribution < 1.29 is 18.0 Å². The van der Waals surface area contributed by atoms with Gasteiger partial charge in [-0.25, -0.2) is 8.42 Å². The van der Waals surface area contributed by atoms with E-state index in [1.165, 1.54) is 11.0 Å². The number of amides is 2. The molecule has 2 amide bonds. The number of halogens is 2. The molecule has 0 saturated heterocycles. The molecule has 2 aromatic rings. The van der Waals surface area contributed by atoms with Crippen LogP contribution in [0.2, 0.25) is 10.0 Å². The molecule has 0 bridgehead atoms. The molecule has 1 saturated carbocycles. The van der Waals surface area contributed by atoms with Crippen molar-refractivity contribution in [3.05, 3.63) is 63.6 Å². The number of benzene rings is 2. The van der Waals surface area contributed by atoms with E-state index in [0.717, 1.165) is 53.8 Å². The molecular formula is C27H35Cl2N3O4S. The summed E-state index contributed by atoms with van der Waals surface area (Å²) in [4.78, 5) is 28.7. The first-order valence-electron chi connectivity index (χ1n) is 12.6.